The van der Waals surface area contributed by atoms with E-state index in [4.69, 9.17) is 5.10 Å². The molecular weight excluding hydrogens is 316 g/mol. The lowest BCUT2D eigenvalue weighted by atomic mass is 9.96. The summed E-state index contributed by atoms with van der Waals surface area (Å²) < 4.78 is 1.88. The van der Waals surface area contributed by atoms with E-state index in [0.29, 0.717) is 24.4 Å². The Hall–Kier alpha value is -2.02. The summed E-state index contributed by atoms with van der Waals surface area (Å²) in [5, 5.41) is 7.63. The topological polar surface area (TPSA) is 75.9 Å². The van der Waals surface area contributed by atoms with Crippen LogP contribution in [0.5, 0.6) is 0 Å². The molecule has 2 aromatic heterocycles. The van der Waals surface area contributed by atoms with Crippen LogP contribution in [0.3, 0.4) is 0 Å². The molecule has 0 aromatic carbocycles. The third kappa shape index (κ3) is 4.34. The number of carbonyl (C=O) groups is 1. The second-order valence-corrected chi connectivity index (χ2v) is 8.10. The predicted molar refractivity (Wildman–Crippen MR) is 97.3 cm³/mol. The van der Waals surface area contributed by atoms with Crippen molar-refractivity contribution < 1.29 is 4.79 Å². The van der Waals surface area contributed by atoms with Gasteiger partial charge in [-0.15, -0.1) is 0 Å². The van der Waals surface area contributed by atoms with Crippen molar-refractivity contribution in [1.29, 1.82) is 0 Å². The van der Waals surface area contributed by atoms with Gasteiger partial charge in [-0.1, -0.05) is 20.8 Å². The highest BCUT2D eigenvalue weighted by Crippen LogP contribution is 2.31. The van der Waals surface area contributed by atoms with Crippen LogP contribution in [-0.2, 0) is 11.3 Å². The summed E-state index contributed by atoms with van der Waals surface area (Å²) in [5.41, 5.74) is 3.04. The van der Waals surface area contributed by atoms with Crippen LogP contribution in [0.4, 0.5) is 0 Å². The highest BCUT2D eigenvalue weighted by Gasteiger charge is 2.30. The molecule has 0 unspecified atom stereocenters. The molecule has 3 rings (SSSR count). The first kappa shape index (κ1) is 17.8. The fourth-order valence-electron chi connectivity index (χ4n) is 3.56. The average Bonchev–Trinajstić information content (AvgIpc) is 3.10. The monoisotopic (exact) mass is 344 g/mol. The number of rotatable bonds is 5. The van der Waals surface area contributed by atoms with Crippen LogP contribution in [-0.4, -0.2) is 56.7 Å². The van der Waals surface area contributed by atoms with E-state index in [2.05, 4.69) is 41.0 Å². The third-order valence-electron chi connectivity index (χ3n) is 4.45. The van der Waals surface area contributed by atoms with Crippen LogP contribution >= 0.6 is 0 Å². The second-order valence-electron chi connectivity index (χ2n) is 8.10. The highest BCUT2D eigenvalue weighted by molar-refractivity contribution is 5.74. The van der Waals surface area contributed by atoms with Crippen molar-refractivity contribution in [2.45, 2.75) is 46.6 Å². The molecule has 1 fully saturated rings. The minimum absolute atomic E-state index is 0.0311. The van der Waals surface area contributed by atoms with Crippen molar-refractivity contribution in [1.82, 2.24) is 30.0 Å². The number of amides is 1. The van der Waals surface area contributed by atoms with Gasteiger partial charge in [0.1, 0.15) is 5.52 Å². The van der Waals surface area contributed by atoms with Crippen LogP contribution in [0.1, 0.15) is 45.7 Å². The van der Waals surface area contributed by atoms with Crippen molar-refractivity contribution >= 4 is 17.1 Å². The molecule has 1 aliphatic heterocycles. The maximum atomic E-state index is 11.1. The van der Waals surface area contributed by atoms with E-state index < -0.39 is 0 Å². The number of hydrogen-bond donors (Lipinski definition) is 1. The van der Waals surface area contributed by atoms with Gasteiger partial charge >= 0.3 is 0 Å². The molecule has 0 spiro atoms. The van der Waals surface area contributed by atoms with Crippen molar-refractivity contribution in [2.24, 2.45) is 5.41 Å². The summed E-state index contributed by atoms with van der Waals surface area (Å²) in [6, 6.07) is 0. The first-order chi connectivity index (χ1) is 11.8. The molecule has 3 heterocycles. The molecule has 1 atom stereocenters. The van der Waals surface area contributed by atoms with Crippen molar-refractivity contribution in [2.75, 3.05) is 26.2 Å². The quantitative estimate of drug-likeness (QED) is 0.895. The Kier molecular flexibility index (Phi) is 5.03. The number of aromatic nitrogens is 4. The van der Waals surface area contributed by atoms with Gasteiger partial charge < -0.3 is 10.2 Å². The molecule has 0 aliphatic carbocycles. The number of hydrogen-bond acceptors (Lipinski definition) is 5. The van der Waals surface area contributed by atoms with Gasteiger partial charge in [0.05, 0.1) is 12.2 Å². The normalized spacial score (nSPS) is 18.8. The molecule has 2 aromatic rings. The first-order valence-electron chi connectivity index (χ1n) is 8.98. The van der Waals surface area contributed by atoms with Gasteiger partial charge in [-0.25, -0.2) is 14.6 Å². The largest absolute Gasteiger partial charge is 0.354 e. The van der Waals surface area contributed by atoms with E-state index >= 15 is 0 Å². The van der Waals surface area contributed by atoms with Crippen LogP contribution in [0.2, 0.25) is 0 Å². The number of fused-ring (bicyclic) bond motifs is 1. The molecule has 1 N–H and O–H groups in total. The lowest BCUT2D eigenvalue weighted by Gasteiger charge is -2.26. The fourth-order valence-corrected chi connectivity index (χ4v) is 3.56. The minimum Gasteiger partial charge on any atom is -0.354 e. The van der Waals surface area contributed by atoms with E-state index in [-0.39, 0.29) is 5.91 Å². The molecule has 1 amide bonds. The first-order valence-corrected chi connectivity index (χ1v) is 8.98. The number of nitrogens with zero attached hydrogens (tertiary/aromatic N) is 5. The SMILES string of the molecule is CC(=O)NCCn1nc([C@@H]2CCN(CC(C)(C)C)C2)c2nccnc21. The van der Waals surface area contributed by atoms with Gasteiger partial charge in [0.15, 0.2) is 5.65 Å². The summed E-state index contributed by atoms with van der Waals surface area (Å²) in [5.74, 6) is 0.361. The average molecular weight is 344 g/mol. The highest BCUT2D eigenvalue weighted by atomic mass is 16.1. The van der Waals surface area contributed by atoms with Gasteiger partial charge in [0, 0.05) is 44.9 Å². The van der Waals surface area contributed by atoms with Crippen LogP contribution in [0, 0.1) is 5.41 Å². The second kappa shape index (κ2) is 7.07. The smallest absolute Gasteiger partial charge is 0.216 e. The van der Waals surface area contributed by atoms with Crippen LogP contribution in [0.25, 0.3) is 11.2 Å². The zero-order chi connectivity index (χ0) is 18.0. The Bertz CT molecular complexity index is 748. The molecule has 0 bridgehead atoms. The van der Waals surface area contributed by atoms with Gasteiger partial charge in [-0.05, 0) is 18.4 Å². The molecule has 1 saturated heterocycles. The van der Waals surface area contributed by atoms with Gasteiger partial charge in [-0.2, -0.15) is 5.10 Å². The lowest BCUT2D eigenvalue weighted by molar-refractivity contribution is -0.118. The molecular formula is C18H28N6O. The Morgan fingerprint density at radius 1 is 1.32 bits per heavy atom. The number of likely N-dealkylation sites (tertiary alicyclic amines) is 1. The van der Waals surface area contributed by atoms with Gasteiger partial charge in [0.25, 0.3) is 0 Å². The van der Waals surface area contributed by atoms with Crippen LogP contribution in [0.15, 0.2) is 12.4 Å². The van der Waals surface area contributed by atoms with Crippen molar-refractivity contribution in [3.05, 3.63) is 18.1 Å². The summed E-state index contributed by atoms with van der Waals surface area (Å²) in [4.78, 5) is 22.6. The van der Waals surface area contributed by atoms with E-state index in [1.807, 2.05) is 4.68 Å². The zero-order valence-electron chi connectivity index (χ0n) is 15.6. The standard InChI is InChI=1S/C18H28N6O/c1-13(25)19-8-10-24-17-16(20-6-7-21-17)15(22-24)14-5-9-23(11-14)12-18(2,3)4/h6-7,14H,5,8-12H2,1-4H3,(H,19,25)/t14-/m1/s1. The minimum atomic E-state index is -0.0311. The maximum absolute atomic E-state index is 11.1. The molecule has 7 nitrogen and oxygen atoms in total. The van der Waals surface area contributed by atoms with E-state index in [9.17, 15) is 4.79 Å². The molecule has 136 valence electrons. The molecule has 7 heteroatoms. The van der Waals surface area contributed by atoms with Gasteiger partial charge in [0.2, 0.25) is 5.91 Å². The Morgan fingerprint density at radius 3 is 2.80 bits per heavy atom. The molecule has 1 aliphatic rings. The Balaban J connectivity index is 1.79. The summed E-state index contributed by atoms with van der Waals surface area (Å²) in [7, 11) is 0. The number of nitrogens with one attached hydrogen (secondary N) is 1. The van der Waals surface area contributed by atoms with E-state index in [1.165, 1.54) is 6.92 Å². The molecule has 0 saturated carbocycles. The predicted octanol–water partition coefficient (Wildman–Crippen LogP) is 1.80. The molecule has 25 heavy (non-hydrogen) atoms. The maximum Gasteiger partial charge on any atom is 0.216 e. The Labute approximate surface area is 148 Å². The van der Waals surface area contributed by atoms with Crippen molar-refractivity contribution in [3.63, 3.8) is 0 Å². The molecule has 0 radical (unpaired) electrons. The number of carbonyl (C=O) groups excluding carboxylic acids is 1. The zero-order valence-corrected chi connectivity index (χ0v) is 15.6. The van der Waals surface area contributed by atoms with Crippen molar-refractivity contribution in [3.8, 4) is 0 Å². The van der Waals surface area contributed by atoms with E-state index in [1.54, 1.807) is 12.4 Å². The van der Waals surface area contributed by atoms with E-state index in [0.717, 1.165) is 42.9 Å². The lowest BCUT2D eigenvalue weighted by Crippen LogP contribution is -2.30. The summed E-state index contributed by atoms with van der Waals surface area (Å²) >= 11 is 0. The summed E-state index contributed by atoms with van der Waals surface area (Å²) in [6.07, 6.45) is 4.53. The van der Waals surface area contributed by atoms with Crippen LogP contribution < -0.4 is 5.32 Å². The third-order valence-corrected chi connectivity index (χ3v) is 4.45. The fraction of sp³-hybridized carbons (Fsp3) is 0.667. The summed E-state index contributed by atoms with van der Waals surface area (Å²) in [6.45, 7) is 12.7. The Morgan fingerprint density at radius 2 is 2.08 bits per heavy atom. The van der Waals surface area contributed by atoms with Gasteiger partial charge in [-0.3, -0.25) is 4.79 Å².